The topological polar surface area (TPSA) is 29.4 Å². The Morgan fingerprint density at radius 3 is 1.08 bits per heavy atom. The van der Waals surface area contributed by atoms with E-state index < -0.39 is 0 Å². The summed E-state index contributed by atoms with van der Waals surface area (Å²) >= 11 is 0. The molecule has 2 atom stereocenters. The predicted molar refractivity (Wildman–Crippen MR) is 408 cm³/mol. The van der Waals surface area contributed by atoms with E-state index in [1.54, 1.807) is 0 Å². The molecule has 0 fully saturated rings. The van der Waals surface area contributed by atoms with Crippen LogP contribution in [0.2, 0.25) is 0 Å². The third-order valence-corrected chi connectivity index (χ3v) is 22.6. The molecule has 6 aliphatic rings. The van der Waals surface area contributed by atoms with Gasteiger partial charge >= 0.3 is 0 Å². The van der Waals surface area contributed by atoms with Crippen LogP contribution in [0.25, 0.3) is 100 Å². The molecule has 0 radical (unpaired) electrons. The molecule has 17 aromatic rings. The molecular formula is C90H58BN7. The van der Waals surface area contributed by atoms with Crippen LogP contribution in [-0.4, -0.2) is 25.0 Å². The maximum absolute atomic E-state index is 2.62. The molecule has 7 nitrogen and oxygen atoms in total. The maximum atomic E-state index is 2.62. The largest absolute Gasteiger partial charge is 0.312 e. The minimum absolute atomic E-state index is 0.160. The number of fused-ring (bicyclic) bond motifs is 22. The lowest BCUT2D eigenvalue weighted by atomic mass is 9.33. The normalized spacial score (nSPS) is 15.5. The molecule has 23 rings (SSSR count). The molecule has 4 aromatic heterocycles. The summed E-state index contributed by atoms with van der Waals surface area (Å²) in [6, 6.07) is 110. The fourth-order valence-corrected chi connectivity index (χ4v) is 18.8. The second kappa shape index (κ2) is 19.6. The molecule has 0 bridgehead atoms. The van der Waals surface area contributed by atoms with Crippen molar-refractivity contribution in [3.05, 3.63) is 337 Å². The quantitative estimate of drug-likeness (QED) is 0.149. The lowest BCUT2D eigenvalue weighted by Crippen LogP contribution is -2.61. The van der Waals surface area contributed by atoms with Crippen LogP contribution in [0, 0.1) is 0 Å². The monoisotopic (exact) mass is 1250 g/mol. The number of hydrogen-bond acceptors (Lipinski definition) is 3. The van der Waals surface area contributed by atoms with Crippen LogP contribution in [0.3, 0.4) is 0 Å². The highest BCUT2D eigenvalue weighted by Crippen LogP contribution is 2.55. The predicted octanol–water partition coefficient (Wildman–Crippen LogP) is 21.0. The fourth-order valence-electron chi connectivity index (χ4n) is 18.8. The number of aromatic nitrogens is 4. The molecule has 8 heterocycles. The zero-order valence-corrected chi connectivity index (χ0v) is 53.3. The number of rotatable bonds is 7. The Labute approximate surface area is 565 Å². The first-order valence-electron chi connectivity index (χ1n) is 34.5. The van der Waals surface area contributed by atoms with Crippen molar-refractivity contribution in [2.75, 3.05) is 14.7 Å². The highest BCUT2D eigenvalue weighted by molar-refractivity contribution is 7.00. The van der Waals surface area contributed by atoms with Crippen molar-refractivity contribution < 1.29 is 0 Å². The lowest BCUT2D eigenvalue weighted by Gasteiger charge is -2.45. The summed E-state index contributed by atoms with van der Waals surface area (Å²) in [5.74, 6) is 0.591. The molecule has 456 valence electrons. The van der Waals surface area contributed by atoms with Gasteiger partial charge < -0.3 is 33.0 Å². The number of benzene rings is 13. The third kappa shape index (κ3) is 6.97. The molecular weight excluding hydrogens is 1190 g/mol. The maximum Gasteiger partial charge on any atom is 0.252 e. The van der Waals surface area contributed by atoms with E-state index in [4.69, 9.17) is 0 Å². The Kier molecular flexibility index (Phi) is 10.5. The minimum atomic E-state index is -0.160. The van der Waals surface area contributed by atoms with Crippen LogP contribution >= 0.6 is 0 Å². The van der Waals surface area contributed by atoms with Gasteiger partial charge in [0.1, 0.15) is 0 Å². The first-order chi connectivity index (χ1) is 48.7. The summed E-state index contributed by atoms with van der Waals surface area (Å²) in [6.07, 6.45) is 11.7. The van der Waals surface area contributed by atoms with E-state index in [0.717, 1.165) is 64.0 Å². The van der Waals surface area contributed by atoms with Gasteiger partial charge in [0.2, 0.25) is 0 Å². The van der Waals surface area contributed by atoms with E-state index >= 15 is 0 Å². The van der Waals surface area contributed by atoms with Crippen LogP contribution in [0.5, 0.6) is 0 Å². The van der Waals surface area contributed by atoms with E-state index in [0.29, 0.717) is 11.8 Å². The Balaban J connectivity index is 0.821. The fraction of sp³-hybridized carbons (Fsp3) is 0.0444. The summed E-state index contributed by atoms with van der Waals surface area (Å²) < 4.78 is 10.1. The van der Waals surface area contributed by atoms with Gasteiger partial charge in [-0.3, -0.25) is 0 Å². The van der Waals surface area contributed by atoms with Gasteiger partial charge in [-0.25, -0.2) is 0 Å². The summed E-state index contributed by atoms with van der Waals surface area (Å²) in [5, 5.41) is 7.58. The van der Waals surface area contributed by atoms with Crippen molar-refractivity contribution in [3.63, 3.8) is 0 Å². The van der Waals surface area contributed by atoms with Crippen molar-refractivity contribution in [2.45, 2.75) is 24.7 Å². The zero-order valence-electron chi connectivity index (χ0n) is 53.3. The van der Waals surface area contributed by atoms with Crippen molar-refractivity contribution in [1.29, 1.82) is 0 Å². The average molecular weight is 1250 g/mol. The molecule has 2 aliphatic carbocycles. The van der Waals surface area contributed by atoms with E-state index in [1.807, 2.05) is 0 Å². The van der Waals surface area contributed by atoms with Gasteiger partial charge in [0, 0.05) is 135 Å². The zero-order chi connectivity index (χ0) is 63.6. The number of nitrogens with zero attached hydrogens (tertiary/aromatic N) is 7. The third-order valence-electron chi connectivity index (χ3n) is 22.6. The second-order valence-corrected chi connectivity index (χ2v) is 27.4. The summed E-state index contributed by atoms with van der Waals surface area (Å²) in [4.78, 5) is 7.74. The van der Waals surface area contributed by atoms with Gasteiger partial charge in [0.05, 0.1) is 38.8 Å². The molecule has 8 heteroatoms. The lowest BCUT2D eigenvalue weighted by molar-refractivity contribution is 0.820. The number of anilines is 9. The molecule has 0 N–H and O–H groups in total. The van der Waals surface area contributed by atoms with Crippen LogP contribution in [0.1, 0.15) is 58.3 Å². The van der Waals surface area contributed by atoms with Crippen molar-refractivity contribution in [2.24, 2.45) is 0 Å². The highest BCUT2D eigenvalue weighted by atomic mass is 15.2. The van der Waals surface area contributed by atoms with Gasteiger partial charge in [0.15, 0.2) is 0 Å². The minimum Gasteiger partial charge on any atom is -0.312 e. The first kappa shape index (κ1) is 52.8. The SMILES string of the molecule is C1=Cc2c3n(c4cc5c(cc24)B2c4cc6c7c8n(c6cc4N(c4ccccc4)c4cc(N(c6ccc(-n9c%10ccccc%10c%10ccccc%109)cc6)c6ccc(-n9c%10ccccc%10c%10ccccc%109)cc6)cc(c42)N5c2ccccc2)-c2ccccc2C8CC=C7)-c2ccccc2C3C1. The van der Waals surface area contributed by atoms with E-state index in [2.05, 4.69) is 348 Å². The van der Waals surface area contributed by atoms with Crippen LogP contribution in [0.15, 0.2) is 303 Å². The summed E-state index contributed by atoms with van der Waals surface area (Å²) in [7, 11) is 0. The van der Waals surface area contributed by atoms with Crippen molar-refractivity contribution in [1.82, 2.24) is 18.3 Å². The Morgan fingerprint density at radius 2 is 0.663 bits per heavy atom. The Morgan fingerprint density at radius 1 is 0.286 bits per heavy atom. The molecule has 2 unspecified atom stereocenters. The van der Waals surface area contributed by atoms with Crippen LogP contribution < -0.4 is 31.1 Å². The van der Waals surface area contributed by atoms with Gasteiger partial charge in [0.25, 0.3) is 6.71 Å². The average Bonchev–Trinajstić information content (AvgIpc) is 1.23. The number of para-hydroxylation sites is 8. The number of allylic oxidation sites excluding steroid dienone is 2. The van der Waals surface area contributed by atoms with Gasteiger partial charge in [-0.05, 0) is 174 Å². The molecule has 0 saturated carbocycles. The second-order valence-electron chi connectivity index (χ2n) is 27.4. The van der Waals surface area contributed by atoms with Crippen molar-refractivity contribution >= 4 is 152 Å². The van der Waals surface area contributed by atoms with Crippen molar-refractivity contribution in [3.8, 4) is 22.7 Å². The first-order valence-corrected chi connectivity index (χ1v) is 34.5. The number of hydrogen-bond donors (Lipinski definition) is 0. The molecule has 98 heavy (non-hydrogen) atoms. The van der Waals surface area contributed by atoms with Crippen LogP contribution in [-0.2, 0) is 0 Å². The van der Waals surface area contributed by atoms with E-state index in [9.17, 15) is 0 Å². The highest BCUT2D eigenvalue weighted by Gasteiger charge is 2.47. The Hall–Kier alpha value is -12.5. The van der Waals surface area contributed by atoms with Gasteiger partial charge in [-0.15, -0.1) is 0 Å². The standard InChI is InChI=1S/C90H58BN7/c1-3-21-55(22-4-1)95-84-53-82-72(70-33-19-31-68-66-29-11-17-39-80(66)97(82)89(68)70)51-74(84)91-75-52-73-71-34-20-32-69-67-30-12-18-40-81(67)98(90(69)71)83(73)54-85(75)96(56-23-5-2-6-24-56)87-50-61(49-86(95)88(87)91)92(57-41-45-59(46-42-57)93-76-35-13-7-25-62(76)63-26-8-14-36-77(63)93)58-43-47-60(48-44-58)94-78-37-15-9-27-64(78)65-28-10-16-38-79(65)94/h1-30,33-54,68-69H,31-32H2. The van der Waals surface area contributed by atoms with Gasteiger partial charge in [-0.1, -0.05) is 182 Å². The van der Waals surface area contributed by atoms with Crippen LogP contribution in [0.4, 0.5) is 51.2 Å². The molecule has 4 aliphatic heterocycles. The van der Waals surface area contributed by atoms with Gasteiger partial charge in [-0.2, -0.15) is 0 Å². The summed E-state index contributed by atoms with van der Waals surface area (Å²) in [5.41, 5.74) is 34.2. The molecule has 0 amide bonds. The molecule has 0 saturated heterocycles. The smallest absolute Gasteiger partial charge is 0.252 e. The van der Waals surface area contributed by atoms with E-state index in [-0.39, 0.29) is 6.71 Å². The Bertz CT molecular complexity index is 5910. The summed E-state index contributed by atoms with van der Waals surface area (Å²) in [6.45, 7) is -0.160. The van der Waals surface area contributed by atoms with E-state index in [1.165, 1.54) is 138 Å². The molecule has 0 spiro atoms. The molecule has 13 aromatic carbocycles.